The number of hydrogen-bond donors (Lipinski definition) is 6. The van der Waals surface area contributed by atoms with Gasteiger partial charge in [0.2, 0.25) is 0 Å². The molecule has 1 aliphatic rings. The molecule has 0 amide bonds. The van der Waals surface area contributed by atoms with Crippen molar-refractivity contribution in [1.29, 1.82) is 0 Å². The van der Waals surface area contributed by atoms with Gasteiger partial charge in [0.15, 0.2) is 0 Å². The molecule has 1 aliphatic carbocycles. The third-order valence-corrected chi connectivity index (χ3v) is 11.0. The van der Waals surface area contributed by atoms with Crippen LogP contribution in [0.2, 0.25) is 0 Å². The van der Waals surface area contributed by atoms with Crippen molar-refractivity contribution in [2.45, 2.75) is 224 Å². The fourth-order valence-corrected chi connectivity index (χ4v) is 7.56. The number of unbranched alkanes of at least 4 members (excludes halogenated alkanes) is 23. The zero-order chi connectivity index (χ0) is 38.5. The average molecular weight is 769 g/mol. The molecule has 1 saturated carbocycles. The molecular weight excluding hydrogens is 691 g/mol. The van der Waals surface area contributed by atoms with E-state index in [1.165, 1.54) is 116 Å². The molecule has 1 fully saturated rings. The highest BCUT2D eigenvalue weighted by atomic mass is 31.2. The second-order valence-electron chi connectivity index (χ2n) is 14.9. The summed E-state index contributed by atoms with van der Waals surface area (Å²) in [4.78, 5) is 23.0. The first-order chi connectivity index (χ1) is 25.0. The van der Waals surface area contributed by atoms with Crippen molar-refractivity contribution in [2.24, 2.45) is 0 Å². The lowest BCUT2D eigenvalue weighted by molar-refractivity contribution is -0.220. The number of phosphoric ester groups is 1. The topological polar surface area (TPSA) is 192 Å². The Bertz CT molecular complexity index is 879. The molecule has 0 aromatic heterocycles. The number of aliphatic hydroxyl groups excluding tert-OH is 5. The highest BCUT2D eigenvalue weighted by Gasteiger charge is 2.51. The number of phosphoric acid groups is 1. The largest absolute Gasteiger partial charge is 0.472 e. The van der Waals surface area contributed by atoms with E-state index < -0.39 is 63.1 Å². The van der Waals surface area contributed by atoms with Gasteiger partial charge in [0, 0.05) is 13.0 Å². The second kappa shape index (κ2) is 31.5. The maximum atomic E-state index is 12.7. The summed E-state index contributed by atoms with van der Waals surface area (Å²) in [5, 5.41) is 49.9. The van der Waals surface area contributed by atoms with Gasteiger partial charge in [-0.2, -0.15) is 0 Å². The molecular formula is C39H77O12P. The van der Waals surface area contributed by atoms with Gasteiger partial charge in [-0.3, -0.25) is 13.8 Å². The predicted octanol–water partition coefficient (Wildman–Crippen LogP) is 7.42. The highest BCUT2D eigenvalue weighted by Crippen LogP contribution is 2.47. The van der Waals surface area contributed by atoms with Crippen molar-refractivity contribution in [3.63, 3.8) is 0 Å². The van der Waals surface area contributed by atoms with Crippen molar-refractivity contribution >= 4 is 13.8 Å². The van der Waals surface area contributed by atoms with Crippen LogP contribution in [-0.4, -0.2) is 98.9 Å². The van der Waals surface area contributed by atoms with Crippen LogP contribution in [0.1, 0.15) is 181 Å². The average Bonchev–Trinajstić information content (AvgIpc) is 3.12. The molecule has 0 saturated heterocycles. The van der Waals surface area contributed by atoms with Crippen LogP contribution in [0.3, 0.4) is 0 Å². The van der Waals surface area contributed by atoms with E-state index in [4.69, 9.17) is 18.5 Å². The van der Waals surface area contributed by atoms with Crippen LogP contribution in [0.4, 0.5) is 0 Å². The van der Waals surface area contributed by atoms with E-state index in [2.05, 4.69) is 13.8 Å². The quantitative estimate of drug-likeness (QED) is 0.0213. The lowest BCUT2D eigenvalue weighted by atomic mass is 9.85. The molecule has 0 bridgehead atoms. The van der Waals surface area contributed by atoms with Gasteiger partial charge < -0.3 is 39.9 Å². The Morgan fingerprint density at radius 2 is 0.904 bits per heavy atom. The van der Waals surface area contributed by atoms with Gasteiger partial charge in [0.1, 0.15) is 42.7 Å². The fourth-order valence-electron chi connectivity index (χ4n) is 6.59. The van der Waals surface area contributed by atoms with Crippen LogP contribution in [0, 0.1) is 0 Å². The Morgan fingerprint density at radius 1 is 0.538 bits per heavy atom. The number of ether oxygens (including phenoxy) is 2. The summed E-state index contributed by atoms with van der Waals surface area (Å²) in [6.07, 6.45) is 17.7. The summed E-state index contributed by atoms with van der Waals surface area (Å²) >= 11 is 0. The third-order valence-electron chi connectivity index (χ3n) is 9.98. The Morgan fingerprint density at radius 3 is 1.33 bits per heavy atom. The number of carbonyl (C=O) groups is 1. The van der Waals surface area contributed by atoms with Crippen LogP contribution in [0.25, 0.3) is 0 Å². The third kappa shape index (κ3) is 24.0. The zero-order valence-corrected chi connectivity index (χ0v) is 33.5. The van der Waals surface area contributed by atoms with E-state index in [1.807, 2.05) is 0 Å². The molecule has 0 aliphatic heterocycles. The molecule has 1 rings (SSSR count). The minimum atomic E-state index is -5.00. The number of aliphatic hydroxyl groups is 5. The van der Waals surface area contributed by atoms with E-state index >= 15 is 0 Å². The Balaban J connectivity index is 2.38. The summed E-state index contributed by atoms with van der Waals surface area (Å²) in [5.74, 6) is -0.475. The number of hydrogen-bond acceptors (Lipinski definition) is 11. The molecule has 6 N–H and O–H groups in total. The molecule has 12 nitrogen and oxygen atoms in total. The van der Waals surface area contributed by atoms with Gasteiger partial charge in [0.25, 0.3) is 0 Å². The van der Waals surface area contributed by atoms with E-state index in [0.29, 0.717) is 13.0 Å². The first kappa shape index (κ1) is 49.4. The Hall–Kier alpha value is -0.660. The minimum Gasteiger partial charge on any atom is -0.457 e. The highest BCUT2D eigenvalue weighted by molar-refractivity contribution is 7.47. The van der Waals surface area contributed by atoms with Gasteiger partial charge in [-0.15, -0.1) is 0 Å². The van der Waals surface area contributed by atoms with Crippen molar-refractivity contribution in [3.05, 3.63) is 0 Å². The van der Waals surface area contributed by atoms with Crippen LogP contribution < -0.4 is 0 Å². The molecule has 6 unspecified atom stereocenters. The molecule has 0 aromatic carbocycles. The maximum absolute atomic E-state index is 12.7. The van der Waals surface area contributed by atoms with Crippen LogP contribution in [0.15, 0.2) is 0 Å². The minimum absolute atomic E-state index is 0.0699. The summed E-state index contributed by atoms with van der Waals surface area (Å²) < 4.78 is 34.0. The van der Waals surface area contributed by atoms with Gasteiger partial charge in [-0.25, -0.2) is 4.57 Å². The van der Waals surface area contributed by atoms with E-state index in [9.17, 15) is 39.8 Å². The van der Waals surface area contributed by atoms with Gasteiger partial charge in [-0.05, 0) is 12.8 Å². The number of carbonyl (C=O) groups excluding carboxylic acids is 1. The predicted molar refractivity (Wildman–Crippen MR) is 203 cm³/mol. The van der Waals surface area contributed by atoms with Crippen LogP contribution in [0.5, 0.6) is 0 Å². The molecule has 0 aromatic rings. The summed E-state index contributed by atoms with van der Waals surface area (Å²) in [5.41, 5.74) is 0. The SMILES string of the molecule is CCCCCCCCCCCCCCCCCCCC(=O)OC(COCCCCCCCCCC)COP(=O)(O)OC1C(O)C(O)C(O)C(O)C1O. The maximum Gasteiger partial charge on any atom is 0.472 e. The molecule has 6 atom stereocenters. The van der Waals surface area contributed by atoms with Gasteiger partial charge >= 0.3 is 13.8 Å². The Kier molecular flexibility index (Phi) is 29.9. The zero-order valence-electron chi connectivity index (χ0n) is 32.6. The first-order valence-electron chi connectivity index (χ1n) is 20.9. The van der Waals surface area contributed by atoms with Crippen molar-refractivity contribution < 1.29 is 58.3 Å². The molecule has 310 valence electrons. The smallest absolute Gasteiger partial charge is 0.457 e. The van der Waals surface area contributed by atoms with Gasteiger partial charge in [0.05, 0.1) is 13.2 Å². The summed E-state index contributed by atoms with van der Waals surface area (Å²) in [7, 11) is -5.00. The van der Waals surface area contributed by atoms with Crippen LogP contribution in [-0.2, 0) is 27.9 Å². The molecule has 0 heterocycles. The normalized spacial score (nSPS) is 23.8. The molecule has 13 heteroatoms. The summed E-state index contributed by atoms with van der Waals surface area (Å²) in [6.45, 7) is 4.23. The lowest BCUT2D eigenvalue weighted by Gasteiger charge is -2.41. The van der Waals surface area contributed by atoms with Crippen molar-refractivity contribution in [2.75, 3.05) is 19.8 Å². The Labute approximate surface area is 315 Å². The number of rotatable bonds is 35. The molecule has 0 spiro atoms. The van der Waals surface area contributed by atoms with Crippen molar-refractivity contribution in [1.82, 2.24) is 0 Å². The standard InChI is InChI=1S/C39H77O12P/c1-3-5-7-9-11-13-14-15-16-17-18-19-20-21-22-24-26-28-33(40)50-32(30-48-29-27-25-23-12-10-8-6-4-2)31-49-52(46,47)51-39-37(44)35(42)34(41)36(43)38(39)45/h32,34-39,41-45H,3-31H2,1-2H3,(H,46,47). The van der Waals surface area contributed by atoms with E-state index in [1.54, 1.807) is 0 Å². The molecule has 0 radical (unpaired) electrons. The van der Waals surface area contributed by atoms with E-state index in [0.717, 1.165) is 38.5 Å². The fraction of sp³-hybridized carbons (Fsp3) is 0.974. The lowest BCUT2D eigenvalue weighted by Crippen LogP contribution is -2.64. The van der Waals surface area contributed by atoms with Crippen LogP contribution >= 0.6 is 7.82 Å². The second-order valence-corrected chi connectivity index (χ2v) is 16.3. The monoisotopic (exact) mass is 769 g/mol. The van der Waals surface area contributed by atoms with Crippen molar-refractivity contribution in [3.8, 4) is 0 Å². The summed E-state index contributed by atoms with van der Waals surface area (Å²) in [6, 6.07) is 0. The van der Waals surface area contributed by atoms with Gasteiger partial charge in [-0.1, -0.05) is 162 Å². The first-order valence-corrected chi connectivity index (χ1v) is 22.4. The van der Waals surface area contributed by atoms with E-state index in [-0.39, 0.29) is 13.0 Å². The molecule has 52 heavy (non-hydrogen) atoms. The number of esters is 1.